The fourth-order valence-corrected chi connectivity index (χ4v) is 2.32. The van der Waals surface area contributed by atoms with Crippen molar-refractivity contribution in [2.24, 2.45) is 0 Å². The van der Waals surface area contributed by atoms with Gasteiger partial charge < -0.3 is 4.57 Å². The number of aromatic nitrogens is 4. The third-order valence-corrected chi connectivity index (χ3v) is 3.41. The van der Waals surface area contributed by atoms with E-state index < -0.39 is 23.9 Å². The number of nitrogens with zero attached hydrogens (tertiary/aromatic N) is 3. The minimum absolute atomic E-state index is 0.111. The normalized spacial score (nSPS) is 11.8. The minimum Gasteiger partial charge on any atom is -0.338 e. The first kappa shape index (κ1) is 15.3. The molecule has 23 heavy (non-hydrogen) atoms. The maximum Gasteiger partial charge on any atom is 0.451 e. The first-order valence-electron chi connectivity index (χ1n) is 6.37. The van der Waals surface area contributed by atoms with Crippen molar-refractivity contribution < 1.29 is 18.0 Å². The van der Waals surface area contributed by atoms with Crippen LogP contribution in [0.4, 0.5) is 19.1 Å². The number of anilines is 1. The van der Waals surface area contributed by atoms with E-state index in [2.05, 4.69) is 15.4 Å². The van der Waals surface area contributed by atoms with Gasteiger partial charge in [0.15, 0.2) is 0 Å². The number of fused-ring (bicyclic) bond motifs is 1. The highest BCUT2D eigenvalue weighted by atomic mass is 35.5. The Morgan fingerprint density at radius 1 is 1.35 bits per heavy atom. The number of hydrogen-bond donors (Lipinski definition) is 2. The molecule has 0 aliphatic rings. The van der Waals surface area contributed by atoms with Crippen LogP contribution in [0.2, 0.25) is 5.02 Å². The Morgan fingerprint density at radius 2 is 2.13 bits per heavy atom. The van der Waals surface area contributed by atoms with Gasteiger partial charge >= 0.3 is 6.18 Å². The van der Waals surface area contributed by atoms with Crippen LogP contribution in [-0.2, 0) is 17.5 Å². The van der Waals surface area contributed by atoms with Crippen LogP contribution in [0.1, 0.15) is 5.82 Å². The largest absolute Gasteiger partial charge is 0.451 e. The molecule has 6 nitrogen and oxygen atoms in total. The number of benzene rings is 1. The number of nitrogens with one attached hydrogen (secondary N) is 2. The first-order valence-corrected chi connectivity index (χ1v) is 6.75. The summed E-state index contributed by atoms with van der Waals surface area (Å²) in [4.78, 5) is 15.1. The van der Waals surface area contributed by atoms with Gasteiger partial charge in [0.25, 0.3) is 0 Å². The van der Waals surface area contributed by atoms with Crippen LogP contribution in [0.15, 0.2) is 30.5 Å². The van der Waals surface area contributed by atoms with E-state index in [1.807, 2.05) is 0 Å². The molecular weight excluding hydrogens is 335 g/mol. The van der Waals surface area contributed by atoms with Crippen LogP contribution in [-0.4, -0.2) is 25.7 Å². The van der Waals surface area contributed by atoms with Gasteiger partial charge in [-0.15, -0.1) is 5.10 Å². The molecule has 0 radical (unpaired) electrons. The predicted octanol–water partition coefficient (Wildman–Crippen LogP) is 3.07. The molecule has 1 amide bonds. The third-order valence-electron chi connectivity index (χ3n) is 3.08. The number of halogens is 4. The number of alkyl halides is 3. The van der Waals surface area contributed by atoms with Gasteiger partial charge in [-0.1, -0.05) is 17.7 Å². The Morgan fingerprint density at radius 3 is 2.83 bits per heavy atom. The average molecular weight is 344 g/mol. The monoisotopic (exact) mass is 343 g/mol. The molecule has 0 bridgehead atoms. The molecule has 0 atom stereocenters. The molecule has 10 heteroatoms. The average Bonchev–Trinajstić information content (AvgIpc) is 3.07. The quantitative estimate of drug-likeness (QED) is 0.767. The van der Waals surface area contributed by atoms with Crippen LogP contribution in [0, 0.1) is 0 Å². The molecule has 0 aliphatic carbocycles. The molecular formula is C13H9ClF3N5O. The number of hydrogen-bond acceptors (Lipinski definition) is 3. The van der Waals surface area contributed by atoms with E-state index in [4.69, 9.17) is 11.6 Å². The number of carbonyl (C=O) groups is 1. The number of H-pyrrole nitrogens is 1. The summed E-state index contributed by atoms with van der Waals surface area (Å²) in [5, 5.41) is 8.56. The number of rotatable bonds is 3. The van der Waals surface area contributed by atoms with Gasteiger partial charge in [0.2, 0.25) is 17.7 Å². The molecule has 0 saturated carbocycles. The highest BCUT2D eigenvalue weighted by Crippen LogP contribution is 2.26. The lowest BCUT2D eigenvalue weighted by Crippen LogP contribution is -2.19. The summed E-state index contributed by atoms with van der Waals surface area (Å²) in [6.07, 6.45) is -2.99. The van der Waals surface area contributed by atoms with Gasteiger partial charge in [0, 0.05) is 22.1 Å². The Hall–Kier alpha value is -2.55. The predicted molar refractivity (Wildman–Crippen MR) is 77.0 cm³/mol. The highest BCUT2D eigenvalue weighted by Gasteiger charge is 2.35. The van der Waals surface area contributed by atoms with E-state index in [0.29, 0.717) is 5.02 Å². The van der Waals surface area contributed by atoms with E-state index in [1.54, 1.807) is 40.1 Å². The number of aromatic amines is 1. The second-order valence-corrected chi connectivity index (χ2v) is 5.08. The van der Waals surface area contributed by atoms with Crippen molar-refractivity contribution >= 4 is 34.4 Å². The molecule has 1 aromatic carbocycles. The van der Waals surface area contributed by atoms with Crippen LogP contribution < -0.4 is 5.32 Å². The summed E-state index contributed by atoms with van der Waals surface area (Å²) in [5.41, 5.74) is 0.735. The van der Waals surface area contributed by atoms with Crippen molar-refractivity contribution in [3.8, 4) is 0 Å². The first-order chi connectivity index (χ1) is 10.8. The molecule has 2 heterocycles. The topological polar surface area (TPSA) is 75.6 Å². The van der Waals surface area contributed by atoms with E-state index >= 15 is 0 Å². The van der Waals surface area contributed by atoms with Crippen molar-refractivity contribution in [3.63, 3.8) is 0 Å². The molecule has 0 spiro atoms. The lowest BCUT2D eigenvalue weighted by atomic mass is 10.2. The Bertz CT molecular complexity index is 870. The Balaban J connectivity index is 1.74. The standard InChI is InChI=1S/C13H9ClF3N5O/c14-8-2-1-3-9-7(8)4-5-22(9)6-10(23)18-12-19-11(20-21-12)13(15,16)17/h1-5H,6H2,(H2,18,19,20,21,23). The third kappa shape index (κ3) is 3.14. The smallest absolute Gasteiger partial charge is 0.338 e. The van der Waals surface area contributed by atoms with E-state index in [-0.39, 0.29) is 6.54 Å². The summed E-state index contributed by atoms with van der Waals surface area (Å²) in [6.45, 7) is -0.111. The van der Waals surface area contributed by atoms with Gasteiger partial charge in [-0.25, -0.2) is 0 Å². The van der Waals surface area contributed by atoms with Crippen molar-refractivity contribution in [3.05, 3.63) is 41.3 Å². The Kier molecular flexibility index (Phi) is 3.72. The summed E-state index contributed by atoms with van der Waals surface area (Å²) >= 11 is 6.04. The molecule has 3 aromatic rings. The number of amides is 1. The van der Waals surface area contributed by atoms with E-state index in [0.717, 1.165) is 10.9 Å². The molecule has 0 saturated heterocycles. The molecule has 120 valence electrons. The molecule has 2 N–H and O–H groups in total. The van der Waals surface area contributed by atoms with Crippen LogP contribution in [0.3, 0.4) is 0 Å². The van der Waals surface area contributed by atoms with E-state index in [1.165, 1.54) is 0 Å². The molecule has 2 aromatic heterocycles. The SMILES string of the molecule is O=C(Cn1ccc2c(Cl)cccc21)Nc1n[nH]c(C(F)(F)F)n1. The van der Waals surface area contributed by atoms with Crippen molar-refractivity contribution in [2.45, 2.75) is 12.7 Å². The zero-order valence-electron chi connectivity index (χ0n) is 11.4. The Labute approximate surface area is 132 Å². The van der Waals surface area contributed by atoms with Gasteiger partial charge in [-0.2, -0.15) is 18.2 Å². The van der Waals surface area contributed by atoms with Crippen LogP contribution in [0.5, 0.6) is 0 Å². The van der Waals surface area contributed by atoms with Crippen molar-refractivity contribution in [1.82, 2.24) is 19.7 Å². The molecule has 0 unspecified atom stereocenters. The molecule has 3 rings (SSSR count). The lowest BCUT2D eigenvalue weighted by Gasteiger charge is -2.05. The van der Waals surface area contributed by atoms with Gasteiger partial charge in [-0.3, -0.25) is 15.2 Å². The summed E-state index contributed by atoms with van der Waals surface area (Å²) in [6, 6.07) is 6.99. The zero-order valence-corrected chi connectivity index (χ0v) is 12.1. The maximum absolute atomic E-state index is 12.4. The fraction of sp³-hybridized carbons (Fsp3) is 0.154. The lowest BCUT2D eigenvalue weighted by molar-refractivity contribution is -0.144. The maximum atomic E-state index is 12.4. The molecule has 0 aliphatic heterocycles. The summed E-state index contributed by atoms with van der Waals surface area (Å²) in [5.74, 6) is -2.27. The molecule has 0 fully saturated rings. The number of carbonyl (C=O) groups excluding carboxylic acids is 1. The zero-order chi connectivity index (χ0) is 16.6. The van der Waals surface area contributed by atoms with Crippen LogP contribution >= 0.6 is 11.6 Å². The van der Waals surface area contributed by atoms with Gasteiger partial charge in [-0.05, 0) is 18.2 Å². The van der Waals surface area contributed by atoms with Crippen molar-refractivity contribution in [2.75, 3.05) is 5.32 Å². The fourth-order valence-electron chi connectivity index (χ4n) is 2.09. The summed E-state index contributed by atoms with van der Waals surface area (Å²) < 4.78 is 38.8. The van der Waals surface area contributed by atoms with E-state index in [9.17, 15) is 18.0 Å². The minimum atomic E-state index is -4.65. The van der Waals surface area contributed by atoms with Crippen LogP contribution in [0.25, 0.3) is 10.9 Å². The van der Waals surface area contributed by atoms with Crippen molar-refractivity contribution in [1.29, 1.82) is 0 Å². The highest BCUT2D eigenvalue weighted by molar-refractivity contribution is 6.35. The summed E-state index contributed by atoms with van der Waals surface area (Å²) in [7, 11) is 0. The van der Waals surface area contributed by atoms with Gasteiger partial charge in [0.05, 0.1) is 0 Å². The van der Waals surface area contributed by atoms with Gasteiger partial charge in [0.1, 0.15) is 6.54 Å². The second kappa shape index (κ2) is 5.58. The second-order valence-electron chi connectivity index (χ2n) is 4.67.